The van der Waals surface area contributed by atoms with Crippen molar-refractivity contribution in [2.75, 3.05) is 12.0 Å². The fourth-order valence-corrected chi connectivity index (χ4v) is 3.51. The Balaban J connectivity index is 1.84. The van der Waals surface area contributed by atoms with Crippen LogP contribution in [-0.4, -0.2) is 25.3 Å². The number of anilines is 1. The van der Waals surface area contributed by atoms with Crippen molar-refractivity contribution in [3.05, 3.63) is 89.5 Å². The van der Waals surface area contributed by atoms with E-state index in [1.165, 1.54) is 29.2 Å². The molecule has 0 unspecified atom stereocenters. The van der Waals surface area contributed by atoms with Crippen molar-refractivity contribution >= 4 is 17.6 Å². The van der Waals surface area contributed by atoms with Gasteiger partial charge < -0.3 is 14.2 Å². The number of nitrogens with zero attached hydrogens (tertiary/aromatic N) is 1. The van der Waals surface area contributed by atoms with Crippen LogP contribution in [0.2, 0.25) is 0 Å². The van der Waals surface area contributed by atoms with Crippen LogP contribution in [0.25, 0.3) is 0 Å². The summed E-state index contributed by atoms with van der Waals surface area (Å²) in [4.78, 5) is 26.4. The molecule has 0 bridgehead atoms. The Morgan fingerprint density at radius 3 is 2.00 bits per heavy atom. The summed E-state index contributed by atoms with van der Waals surface area (Å²) in [6.45, 7) is 6.38. The van der Waals surface area contributed by atoms with E-state index < -0.39 is 18.2 Å². The van der Waals surface area contributed by atoms with E-state index in [1.54, 1.807) is 24.3 Å². The third kappa shape index (κ3) is 7.73. The molecule has 0 saturated carbocycles. The standard InChI is InChI=1S/C28H28F3NO5/c1-27(2,3)21-13-9-19(10-14-21)17-32(25(33)26(34)35-4)23-7-5-6-8-24(23)36-18-20-11-15-22(16-12-20)37-28(29,30)31/h5-16H,17-18H2,1-4H3. The predicted molar refractivity (Wildman–Crippen MR) is 132 cm³/mol. The predicted octanol–water partition coefficient (Wildman–Crippen LogP) is 6.17. The third-order valence-electron chi connectivity index (χ3n) is 5.47. The monoisotopic (exact) mass is 515 g/mol. The molecule has 37 heavy (non-hydrogen) atoms. The molecule has 196 valence electrons. The van der Waals surface area contributed by atoms with Crippen molar-refractivity contribution in [1.82, 2.24) is 0 Å². The molecule has 1 amide bonds. The molecule has 0 heterocycles. The van der Waals surface area contributed by atoms with Crippen LogP contribution < -0.4 is 14.4 Å². The van der Waals surface area contributed by atoms with Crippen molar-refractivity contribution < 1.29 is 37.0 Å². The second-order valence-corrected chi connectivity index (χ2v) is 9.28. The van der Waals surface area contributed by atoms with Gasteiger partial charge in [0.1, 0.15) is 18.1 Å². The fraction of sp³-hybridized carbons (Fsp3) is 0.286. The van der Waals surface area contributed by atoms with Crippen LogP contribution in [0.4, 0.5) is 18.9 Å². The van der Waals surface area contributed by atoms with E-state index in [1.807, 2.05) is 24.3 Å². The van der Waals surface area contributed by atoms with Gasteiger partial charge in [-0.3, -0.25) is 9.69 Å². The van der Waals surface area contributed by atoms with Crippen molar-refractivity contribution in [1.29, 1.82) is 0 Å². The first kappa shape index (κ1) is 27.6. The quantitative estimate of drug-likeness (QED) is 0.278. The number of carbonyl (C=O) groups is 2. The topological polar surface area (TPSA) is 65.1 Å². The summed E-state index contributed by atoms with van der Waals surface area (Å²) in [5.41, 5.74) is 2.79. The van der Waals surface area contributed by atoms with Crippen molar-refractivity contribution in [3.8, 4) is 11.5 Å². The van der Waals surface area contributed by atoms with Crippen LogP contribution >= 0.6 is 0 Å². The zero-order chi connectivity index (χ0) is 27.2. The van der Waals surface area contributed by atoms with Gasteiger partial charge in [-0.25, -0.2) is 4.79 Å². The lowest BCUT2D eigenvalue weighted by atomic mass is 9.87. The van der Waals surface area contributed by atoms with E-state index in [9.17, 15) is 22.8 Å². The van der Waals surface area contributed by atoms with Crippen LogP contribution in [0.5, 0.6) is 11.5 Å². The Kier molecular flexibility index (Phi) is 8.47. The number of methoxy groups -OCH3 is 1. The molecular weight excluding hydrogens is 487 g/mol. The lowest BCUT2D eigenvalue weighted by Gasteiger charge is -2.25. The van der Waals surface area contributed by atoms with Crippen molar-refractivity contribution in [3.63, 3.8) is 0 Å². The lowest BCUT2D eigenvalue weighted by molar-refractivity contribution is -0.274. The molecule has 0 N–H and O–H groups in total. The number of amides is 1. The highest BCUT2D eigenvalue weighted by molar-refractivity contribution is 6.38. The average Bonchev–Trinajstić information content (AvgIpc) is 2.85. The molecule has 0 saturated heterocycles. The summed E-state index contributed by atoms with van der Waals surface area (Å²) in [5, 5.41) is 0. The van der Waals surface area contributed by atoms with E-state index in [2.05, 4.69) is 30.2 Å². The zero-order valence-corrected chi connectivity index (χ0v) is 21.0. The number of rotatable bonds is 7. The maximum absolute atomic E-state index is 13.0. The number of ether oxygens (including phenoxy) is 3. The van der Waals surface area contributed by atoms with Gasteiger partial charge in [0, 0.05) is 0 Å². The highest BCUT2D eigenvalue weighted by Crippen LogP contribution is 2.31. The summed E-state index contributed by atoms with van der Waals surface area (Å²) in [7, 11) is 1.13. The minimum atomic E-state index is -4.78. The van der Waals surface area contributed by atoms with Gasteiger partial charge in [0.25, 0.3) is 0 Å². The second kappa shape index (κ2) is 11.4. The highest BCUT2D eigenvalue weighted by atomic mass is 19.4. The van der Waals surface area contributed by atoms with Crippen LogP contribution in [0.3, 0.4) is 0 Å². The van der Waals surface area contributed by atoms with Crippen LogP contribution in [0, 0.1) is 0 Å². The van der Waals surface area contributed by atoms with Gasteiger partial charge in [-0.2, -0.15) is 0 Å². The van der Waals surface area contributed by atoms with Gasteiger partial charge in [0.15, 0.2) is 0 Å². The summed E-state index contributed by atoms with van der Waals surface area (Å²) >= 11 is 0. The number of carbonyl (C=O) groups excluding carboxylic acids is 2. The lowest BCUT2D eigenvalue weighted by Crippen LogP contribution is -2.37. The molecule has 6 nitrogen and oxygen atoms in total. The first-order valence-corrected chi connectivity index (χ1v) is 11.4. The number of para-hydroxylation sites is 2. The first-order chi connectivity index (χ1) is 17.4. The minimum Gasteiger partial charge on any atom is -0.487 e. The molecule has 3 rings (SSSR count). The molecule has 0 aromatic heterocycles. The van der Waals surface area contributed by atoms with E-state index in [4.69, 9.17) is 4.74 Å². The SMILES string of the molecule is COC(=O)C(=O)N(Cc1ccc(C(C)(C)C)cc1)c1ccccc1OCc1ccc(OC(F)(F)F)cc1. The van der Waals surface area contributed by atoms with Crippen molar-refractivity contribution in [2.45, 2.75) is 45.7 Å². The largest absolute Gasteiger partial charge is 0.573 e. The first-order valence-electron chi connectivity index (χ1n) is 11.4. The maximum Gasteiger partial charge on any atom is 0.573 e. The molecule has 0 radical (unpaired) electrons. The van der Waals surface area contributed by atoms with E-state index in [0.717, 1.165) is 18.2 Å². The Hall–Kier alpha value is -4.01. The average molecular weight is 516 g/mol. The minimum absolute atomic E-state index is 0.00381. The molecule has 0 atom stereocenters. The Morgan fingerprint density at radius 2 is 1.43 bits per heavy atom. The zero-order valence-electron chi connectivity index (χ0n) is 21.0. The number of esters is 1. The van der Waals surface area contributed by atoms with E-state index in [0.29, 0.717) is 17.0 Å². The molecule has 0 aliphatic carbocycles. The fourth-order valence-electron chi connectivity index (χ4n) is 3.51. The molecule has 0 aliphatic heterocycles. The smallest absolute Gasteiger partial charge is 0.487 e. The van der Waals surface area contributed by atoms with Crippen molar-refractivity contribution in [2.24, 2.45) is 0 Å². The normalized spacial score (nSPS) is 11.5. The van der Waals surface area contributed by atoms with Gasteiger partial charge in [-0.05, 0) is 46.4 Å². The van der Waals surface area contributed by atoms with Crippen LogP contribution in [0.1, 0.15) is 37.5 Å². The summed E-state index contributed by atoms with van der Waals surface area (Å²) in [6.07, 6.45) is -4.78. The molecular formula is C28H28F3NO5. The van der Waals surface area contributed by atoms with E-state index in [-0.39, 0.29) is 24.3 Å². The maximum atomic E-state index is 13.0. The molecule has 0 aliphatic rings. The molecule has 3 aromatic carbocycles. The number of benzene rings is 3. The number of halogens is 3. The Bertz CT molecular complexity index is 1220. The summed E-state index contributed by atoms with van der Waals surface area (Å²) < 4.78 is 51.6. The number of hydrogen-bond donors (Lipinski definition) is 0. The number of hydrogen-bond acceptors (Lipinski definition) is 5. The van der Waals surface area contributed by atoms with Gasteiger partial charge in [0.2, 0.25) is 0 Å². The second-order valence-electron chi connectivity index (χ2n) is 9.28. The van der Waals surface area contributed by atoms with Gasteiger partial charge in [-0.15, -0.1) is 13.2 Å². The summed E-state index contributed by atoms with van der Waals surface area (Å²) in [5.74, 6) is -1.93. The van der Waals surface area contributed by atoms with Gasteiger partial charge in [-0.1, -0.05) is 69.3 Å². The molecule has 3 aromatic rings. The van der Waals surface area contributed by atoms with E-state index >= 15 is 0 Å². The Labute approximate surface area is 213 Å². The van der Waals surface area contributed by atoms with Gasteiger partial charge >= 0.3 is 18.2 Å². The highest BCUT2D eigenvalue weighted by Gasteiger charge is 2.31. The van der Waals surface area contributed by atoms with Crippen LogP contribution in [-0.2, 0) is 32.9 Å². The molecule has 9 heteroatoms. The van der Waals surface area contributed by atoms with Crippen LogP contribution in [0.15, 0.2) is 72.8 Å². The molecule has 0 fully saturated rings. The molecule has 0 spiro atoms. The summed E-state index contributed by atoms with van der Waals surface area (Å²) in [6, 6.07) is 19.7. The number of alkyl halides is 3. The Morgan fingerprint density at radius 1 is 0.838 bits per heavy atom. The third-order valence-corrected chi connectivity index (χ3v) is 5.47. The van der Waals surface area contributed by atoms with Gasteiger partial charge in [0.05, 0.1) is 19.3 Å².